The van der Waals surface area contributed by atoms with Gasteiger partial charge in [-0.2, -0.15) is 0 Å². The molecule has 1 aromatic carbocycles. The molecular formula is C16H20O4. The molecule has 0 saturated heterocycles. The van der Waals surface area contributed by atoms with Crippen molar-refractivity contribution >= 4 is 18.0 Å². The van der Waals surface area contributed by atoms with Crippen LogP contribution in [0.1, 0.15) is 33.3 Å². The number of esters is 2. The molecule has 20 heavy (non-hydrogen) atoms. The minimum atomic E-state index is -0.692. The second kappa shape index (κ2) is 6.89. The maximum Gasteiger partial charge on any atom is 0.374 e. The van der Waals surface area contributed by atoms with E-state index in [2.05, 4.69) is 0 Å². The Morgan fingerprint density at radius 2 is 1.75 bits per heavy atom. The van der Waals surface area contributed by atoms with Crippen LogP contribution in [0.2, 0.25) is 0 Å². The van der Waals surface area contributed by atoms with E-state index in [9.17, 15) is 9.59 Å². The minimum Gasteiger partial charge on any atom is -0.460 e. The van der Waals surface area contributed by atoms with Crippen molar-refractivity contribution in [2.45, 2.75) is 27.7 Å². The molecule has 0 bridgehead atoms. The van der Waals surface area contributed by atoms with Crippen molar-refractivity contribution in [3.63, 3.8) is 0 Å². The Morgan fingerprint density at radius 1 is 1.15 bits per heavy atom. The van der Waals surface area contributed by atoms with Crippen molar-refractivity contribution in [1.29, 1.82) is 0 Å². The first-order chi connectivity index (χ1) is 9.34. The SMILES string of the molecule is CCOC(=O)/C(=C/c1ccccc1)OC(=O)C(C)(C)C. The third kappa shape index (κ3) is 4.88. The lowest BCUT2D eigenvalue weighted by molar-refractivity contribution is -0.156. The first kappa shape index (κ1) is 16.0. The van der Waals surface area contributed by atoms with E-state index in [1.807, 2.05) is 30.3 Å². The maximum absolute atomic E-state index is 11.9. The third-order valence-corrected chi connectivity index (χ3v) is 2.39. The number of carbonyl (C=O) groups excluding carboxylic acids is 2. The molecule has 4 heteroatoms. The quantitative estimate of drug-likeness (QED) is 0.481. The summed E-state index contributed by atoms with van der Waals surface area (Å²) in [5, 5.41) is 0. The van der Waals surface area contributed by atoms with Crippen LogP contribution in [0.3, 0.4) is 0 Å². The summed E-state index contributed by atoms with van der Waals surface area (Å²) in [5.41, 5.74) is 0.0692. The normalized spacial score (nSPS) is 11.9. The summed E-state index contributed by atoms with van der Waals surface area (Å²) in [4.78, 5) is 23.7. The topological polar surface area (TPSA) is 52.6 Å². The highest BCUT2D eigenvalue weighted by atomic mass is 16.6. The highest BCUT2D eigenvalue weighted by Crippen LogP contribution is 2.19. The Morgan fingerprint density at radius 3 is 2.25 bits per heavy atom. The van der Waals surface area contributed by atoms with E-state index in [-0.39, 0.29) is 12.4 Å². The van der Waals surface area contributed by atoms with Crippen molar-refractivity contribution in [3.8, 4) is 0 Å². The molecule has 108 valence electrons. The van der Waals surface area contributed by atoms with Gasteiger partial charge in [0.2, 0.25) is 5.76 Å². The Kier molecular flexibility index (Phi) is 5.50. The summed E-state index contributed by atoms with van der Waals surface area (Å²) in [7, 11) is 0. The number of hydrogen-bond donors (Lipinski definition) is 0. The van der Waals surface area contributed by atoms with Gasteiger partial charge in [-0.25, -0.2) is 4.79 Å². The first-order valence-electron chi connectivity index (χ1n) is 6.50. The molecule has 0 radical (unpaired) electrons. The number of ether oxygens (including phenoxy) is 2. The van der Waals surface area contributed by atoms with Gasteiger partial charge in [-0.1, -0.05) is 30.3 Å². The van der Waals surface area contributed by atoms with Crippen LogP contribution in [0, 0.1) is 5.41 Å². The summed E-state index contributed by atoms with van der Waals surface area (Å²) in [6, 6.07) is 9.15. The van der Waals surface area contributed by atoms with Crippen LogP contribution in [0.4, 0.5) is 0 Å². The van der Waals surface area contributed by atoms with Crippen molar-refractivity contribution in [1.82, 2.24) is 0 Å². The van der Waals surface area contributed by atoms with Gasteiger partial charge in [0.05, 0.1) is 12.0 Å². The van der Waals surface area contributed by atoms with E-state index in [1.54, 1.807) is 27.7 Å². The van der Waals surface area contributed by atoms with Crippen LogP contribution in [-0.2, 0) is 19.1 Å². The van der Waals surface area contributed by atoms with Gasteiger partial charge in [0.15, 0.2) is 0 Å². The summed E-state index contributed by atoms with van der Waals surface area (Å²) >= 11 is 0. The van der Waals surface area contributed by atoms with E-state index in [0.717, 1.165) is 5.56 Å². The summed E-state index contributed by atoms with van der Waals surface area (Å²) < 4.78 is 10.1. The van der Waals surface area contributed by atoms with Gasteiger partial charge < -0.3 is 9.47 Å². The standard InChI is InChI=1S/C16H20O4/c1-5-19-14(17)13(20-15(18)16(2,3)4)11-12-9-7-6-8-10-12/h6-11H,5H2,1-4H3/b13-11-. The molecule has 0 fully saturated rings. The number of benzene rings is 1. The van der Waals surface area contributed by atoms with E-state index in [1.165, 1.54) is 6.08 Å². The average Bonchev–Trinajstić information content (AvgIpc) is 2.38. The lowest BCUT2D eigenvalue weighted by atomic mass is 9.97. The molecule has 0 N–H and O–H groups in total. The zero-order valence-electron chi connectivity index (χ0n) is 12.3. The van der Waals surface area contributed by atoms with Gasteiger partial charge in [0, 0.05) is 0 Å². The molecule has 0 aliphatic heterocycles. The van der Waals surface area contributed by atoms with Crippen LogP contribution in [-0.4, -0.2) is 18.5 Å². The Hall–Kier alpha value is -2.10. The molecule has 0 aromatic heterocycles. The molecule has 0 unspecified atom stereocenters. The van der Waals surface area contributed by atoms with Crippen molar-refractivity contribution in [3.05, 3.63) is 41.7 Å². The van der Waals surface area contributed by atoms with E-state index < -0.39 is 17.4 Å². The maximum atomic E-state index is 11.9. The smallest absolute Gasteiger partial charge is 0.374 e. The van der Waals surface area contributed by atoms with Gasteiger partial charge in [-0.15, -0.1) is 0 Å². The second-order valence-corrected chi connectivity index (χ2v) is 5.28. The predicted octanol–water partition coefficient (Wildman–Crippen LogP) is 3.18. The lowest BCUT2D eigenvalue weighted by Crippen LogP contribution is -2.25. The summed E-state index contributed by atoms with van der Waals surface area (Å²) in [5.74, 6) is -1.22. The van der Waals surface area contributed by atoms with Crippen LogP contribution in [0.25, 0.3) is 6.08 Å². The van der Waals surface area contributed by atoms with Crippen LogP contribution in [0.15, 0.2) is 36.1 Å². The van der Waals surface area contributed by atoms with E-state index in [4.69, 9.17) is 9.47 Å². The molecule has 0 amide bonds. The number of rotatable bonds is 4. The second-order valence-electron chi connectivity index (χ2n) is 5.28. The molecular weight excluding hydrogens is 256 g/mol. The van der Waals surface area contributed by atoms with E-state index >= 15 is 0 Å². The van der Waals surface area contributed by atoms with Crippen molar-refractivity contribution < 1.29 is 19.1 Å². The van der Waals surface area contributed by atoms with Gasteiger partial charge in [0.25, 0.3) is 0 Å². The molecule has 0 spiro atoms. The van der Waals surface area contributed by atoms with Gasteiger partial charge >= 0.3 is 11.9 Å². The number of hydrogen-bond acceptors (Lipinski definition) is 4. The highest BCUT2D eigenvalue weighted by molar-refractivity contribution is 5.94. The van der Waals surface area contributed by atoms with E-state index in [0.29, 0.717) is 0 Å². The zero-order valence-corrected chi connectivity index (χ0v) is 12.3. The monoisotopic (exact) mass is 276 g/mol. The summed E-state index contributed by atoms with van der Waals surface area (Å²) in [6.07, 6.45) is 1.50. The van der Waals surface area contributed by atoms with Crippen molar-refractivity contribution in [2.24, 2.45) is 5.41 Å². The average molecular weight is 276 g/mol. The summed E-state index contributed by atoms with van der Waals surface area (Å²) in [6.45, 7) is 7.09. The molecule has 0 atom stereocenters. The minimum absolute atomic E-state index is 0.0991. The van der Waals surface area contributed by atoms with Gasteiger partial charge in [-0.05, 0) is 39.3 Å². The van der Waals surface area contributed by atoms with Crippen molar-refractivity contribution in [2.75, 3.05) is 6.61 Å². The molecule has 0 aliphatic carbocycles. The molecule has 1 aromatic rings. The Bertz CT molecular complexity index is 495. The zero-order chi connectivity index (χ0) is 15.2. The fourth-order valence-electron chi connectivity index (χ4n) is 1.29. The van der Waals surface area contributed by atoms with Crippen LogP contribution >= 0.6 is 0 Å². The first-order valence-corrected chi connectivity index (χ1v) is 6.50. The largest absolute Gasteiger partial charge is 0.460 e. The Balaban J connectivity index is 3.01. The fraction of sp³-hybridized carbons (Fsp3) is 0.375. The van der Waals surface area contributed by atoms with Gasteiger partial charge in [0.1, 0.15) is 0 Å². The van der Waals surface area contributed by atoms with Crippen LogP contribution < -0.4 is 0 Å². The number of carbonyl (C=O) groups is 2. The lowest BCUT2D eigenvalue weighted by Gasteiger charge is -2.17. The highest BCUT2D eigenvalue weighted by Gasteiger charge is 2.27. The molecule has 1 rings (SSSR count). The van der Waals surface area contributed by atoms with Gasteiger partial charge in [-0.3, -0.25) is 4.79 Å². The third-order valence-electron chi connectivity index (χ3n) is 2.39. The molecule has 0 aliphatic rings. The molecule has 4 nitrogen and oxygen atoms in total. The molecule has 0 heterocycles. The molecule has 0 saturated carbocycles. The van der Waals surface area contributed by atoms with Crippen LogP contribution in [0.5, 0.6) is 0 Å². The Labute approximate surface area is 119 Å². The predicted molar refractivity (Wildman–Crippen MR) is 76.6 cm³/mol. The fourth-order valence-corrected chi connectivity index (χ4v) is 1.29.